The molecule has 8 rings (SSSR count). The molecular weight excluding hydrogens is 557 g/mol. The van der Waals surface area contributed by atoms with Crippen LogP contribution in [0.2, 0.25) is 5.02 Å². The zero-order valence-corrected chi connectivity index (χ0v) is 24.2. The van der Waals surface area contributed by atoms with E-state index in [2.05, 4.69) is 25.5 Å². The number of anilines is 3. The fraction of sp³-hybridized carbons (Fsp3) is 0.469. The molecule has 1 aromatic heterocycles. The van der Waals surface area contributed by atoms with Crippen molar-refractivity contribution >= 4 is 45.6 Å². The highest BCUT2D eigenvalue weighted by Crippen LogP contribution is 2.59. The monoisotopic (exact) mass is 591 g/mol. The number of ether oxygens (including phenoxy) is 2. The average Bonchev–Trinajstić information content (AvgIpc) is 3.40. The topological polar surface area (TPSA) is 88.6 Å². The van der Waals surface area contributed by atoms with E-state index in [1.165, 1.54) is 37.7 Å². The Morgan fingerprint density at radius 1 is 1.17 bits per heavy atom. The van der Waals surface area contributed by atoms with Crippen LogP contribution in [-0.2, 0) is 9.53 Å². The molecule has 0 spiro atoms. The van der Waals surface area contributed by atoms with Crippen molar-refractivity contribution in [2.24, 2.45) is 17.8 Å². The van der Waals surface area contributed by atoms with Gasteiger partial charge in [0.1, 0.15) is 23.7 Å². The first-order valence-corrected chi connectivity index (χ1v) is 15.4. The van der Waals surface area contributed by atoms with Crippen LogP contribution in [0.3, 0.4) is 0 Å². The third kappa shape index (κ3) is 5.82. The number of hydrogen-bond donors (Lipinski definition) is 2. The molecule has 3 aliphatic heterocycles. The predicted octanol–water partition coefficient (Wildman–Crippen LogP) is 6.34. The number of halogens is 2. The molecule has 5 aliphatic rings. The van der Waals surface area contributed by atoms with Crippen molar-refractivity contribution in [1.29, 1.82) is 0 Å². The summed E-state index contributed by atoms with van der Waals surface area (Å²) in [5, 5.41) is 6.93. The quantitative estimate of drug-likeness (QED) is 0.266. The lowest BCUT2D eigenvalue weighted by molar-refractivity contribution is -0.112. The number of hydrogen-bond acceptors (Lipinski definition) is 7. The molecule has 4 atom stereocenters. The van der Waals surface area contributed by atoms with Crippen LogP contribution in [0.15, 0.2) is 48.8 Å². The van der Waals surface area contributed by atoms with Crippen molar-refractivity contribution in [1.82, 2.24) is 14.9 Å². The summed E-state index contributed by atoms with van der Waals surface area (Å²) in [5.41, 5.74) is 1.80. The summed E-state index contributed by atoms with van der Waals surface area (Å²) < 4.78 is 25.8. The van der Waals surface area contributed by atoms with E-state index in [0.717, 1.165) is 50.2 Å². The van der Waals surface area contributed by atoms with Gasteiger partial charge >= 0.3 is 0 Å². The Kier molecular flexibility index (Phi) is 7.73. The van der Waals surface area contributed by atoms with Crippen molar-refractivity contribution in [2.75, 3.05) is 36.9 Å². The molecule has 5 fully saturated rings. The van der Waals surface area contributed by atoms with Crippen molar-refractivity contribution in [3.05, 3.63) is 59.7 Å². The number of piperidine rings is 1. The molecule has 2 bridgehead atoms. The molecule has 1 amide bonds. The third-order valence-corrected chi connectivity index (χ3v) is 9.67. The molecule has 2 saturated carbocycles. The fourth-order valence-corrected chi connectivity index (χ4v) is 7.32. The number of fused-ring (bicyclic) bond motifs is 5. The Labute approximate surface area is 249 Å². The van der Waals surface area contributed by atoms with E-state index in [0.29, 0.717) is 59.1 Å². The first kappa shape index (κ1) is 27.6. The number of carbonyl (C=O) groups is 1. The minimum Gasteiger partial charge on any atom is -0.491 e. The van der Waals surface area contributed by atoms with Gasteiger partial charge in [0.05, 0.1) is 35.5 Å². The summed E-state index contributed by atoms with van der Waals surface area (Å²) in [6.45, 7) is 2.99. The second-order valence-corrected chi connectivity index (χ2v) is 12.3. The molecule has 42 heavy (non-hydrogen) atoms. The normalized spacial score (nSPS) is 26.5. The van der Waals surface area contributed by atoms with Crippen LogP contribution < -0.4 is 15.4 Å². The average molecular weight is 592 g/mol. The van der Waals surface area contributed by atoms with Crippen LogP contribution in [0.5, 0.6) is 5.75 Å². The van der Waals surface area contributed by atoms with Gasteiger partial charge in [-0.2, -0.15) is 0 Å². The fourth-order valence-electron chi connectivity index (χ4n) is 7.14. The van der Waals surface area contributed by atoms with E-state index in [-0.39, 0.29) is 10.9 Å². The van der Waals surface area contributed by atoms with Gasteiger partial charge in [0.2, 0.25) is 5.91 Å². The standard InChI is InChI=1S/C32H35ClFN5O3/c33-26-13-19(6-9-27(26)34)37-32-25-14-29(38-31(40)5-2-11-39-16-21-8-7-20(39)17-42-21)30(15-28(25)35-18-36-32)41-12-10-24-22-3-1-4-23(22)24/h2,5-6,9,13-15,18,20-24H,1,3-4,7-8,10-12,16-17H2,(H,38,40)(H,35,36,37). The zero-order chi connectivity index (χ0) is 28.6. The number of rotatable bonds is 10. The molecular formula is C32H35ClFN5O3. The summed E-state index contributed by atoms with van der Waals surface area (Å²) in [7, 11) is 0. The highest BCUT2D eigenvalue weighted by Gasteiger charge is 2.51. The number of nitrogens with one attached hydrogen (secondary N) is 2. The van der Waals surface area contributed by atoms with Crippen LogP contribution in [0.4, 0.5) is 21.6 Å². The van der Waals surface area contributed by atoms with E-state index < -0.39 is 5.82 Å². The van der Waals surface area contributed by atoms with Gasteiger partial charge in [-0.1, -0.05) is 24.1 Å². The van der Waals surface area contributed by atoms with Gasteiger partial charge in [0.15, 0.2) is 0 Å². The van der Waals surface area contributed by atoms with Crippen molar-refractivity contribution < 1.29 is 18.7 Å². The Morgan fingerprint density at radius 2 is 2.05 bits per heavy atom. The zero-order valence-electron chi connectivity index (χ0n) is 23.4. The molecule has 2 aliphatic carbocycles. The van der Waals surface area contributed by atoms with Crippen LogP contribution >= 0.6 is 11.6 Å². The van der Waals surface area contributed by atoms with E-state index >= 15 is 0 Å². The Hall–Kier alpha value is -3.27. The van der Waals surface area contributed by atoms with Gasteiger partial charge in [-0.3, -0.25) is 9.69 Å². The Balaban J connectivity index is 1.10. The maximum absolute atomic E-state index is 13.7. The molecule has 4 unspecified atom stereocenters. The molecule has 2 N–H and O–H groups in total. The van der Waals surface area contributed by atoms with Gasteiger partial charge in [0, 0.05) is 42.3 Å². The summed E-state index contributed by atoms with van der Waals surface area (Å²) in [4.78, 5) is 24.3. The maximum Gasteiger partial charge on any atom is 0.248 e. The van der Waals surface area contributed by atoms with E-state index in [4.69, 9.17) is 21.1 Å². The van der Waals surface area contributed by atoms with Gasteiger partial charge in [0.25, 0.3) is 0 Å². The lowest BCUT2D eigenvalue weighted by Gasteiger charge is -2.44. The smallest absolute Gasteiger partial charge is 0.248 e. The van der Waals surface area contributed by atoms with Crippen molar-refractivity contribution in [3.8, 4) is 5.75 Å². The van der Waals surface area contributed by atoms with Gasteiger partial charge in [-0.25, -0.2) is 14.4 Å². The van der Waals surface area contributed by atoms with Crippen LogP contribution in [0.25, 0.3) is 10.9 Å². The van der Waals surface area contributed by atoms with E-state index in [1.54, 1.807) is 12.1 Å². The summed E-state index contributed by atoms with van der Waals surface area (Å²) >= 11 is 5.99. The Morgan fingerprint density at radius 3 is 2.81 bits per heavy atom. The summed E-state index contributed by atoms with van der Waals surface area (Å²) in [5.74, 6) is 2.87. The maximum atomic E-state index is 13.7. The van der Waals surface area contributed by atoms with Crippen LogP contribution in [0.1, 0.15) is 38.5 Å². The lowest BCUT2D eigenvalue weighted by atomic mass is 9.97. The lowest BCUT2D eigenvalue weighted by Crippen LogP contribution is -2.54. The Bertz CT molecular complexity index is 1500. The second kappa shape index (κ2) is 11.8. The number of nitrogens with zero attached hydrogens (tertiary/aromatic N) is 3. The largest absolute Gasteiger partial charge is 0.491 e. The number of benzene rings is 2. The molecule has 3 aromatic rings. The molecule has 8 nitrogen and oxygen atoms in total. The minimum absolute atomic E-state index is 0.0125. The summed E-state index contributed by atoms with van der Waals surface area (Å²) in [6.07, 6.45) is 12.6. The van der Waals surface area contributed by atoms with Gasteiger partial charge in [-0.15, -0.1) is 0 Å². The van der Waals surface area contributed by atoms with E-state index in [9.17, 15) is 9.18 Å². The first-order chi connectivity index (χ1) is 20.5. The molecule has 0 radical (unpaired) electrons. The molecule has 10 heteroatoms. The van der Waals surface area contributed by atoms with Crippen LogP contribution in [0, 0.1) is 23.6 Å². The molecule has 4 heterocycles. The minimum atomic E-state index is -0.495. The van der Waals surface area contributed by atoms with E-state index in [1.807, 2.05) is 18.2 Å². The molecule has 2 aromatic carbocycles. The van der Waals surface area contributed by atoms with Crippen LogP contribution in [-0.4, -0.2) is 59.2 Å². The number of morpholine rings is 1. The summed E-state index contributed by atoms with van der Waals surface area (Å²) in [6, 6.07) is 8.50. The highest BCUT2D eigenvalue weighted by molar-refractivity contribution is 6.31. The second-order valence-electron chi connectivity index (χ2n) is 11.9. The highest BCUT2D eigenvalue weighted by atomic mass is 35.5. The SMILES string of the molecule is O=C(C=CCN1CC2CCC1CO2)Nc1cc2c(Nc3ccc(F)c(Cl)c3)ncnc2cc1OCCC1C2CCCC21. The number of aromatic nitrogens is 2. The third-order valence-electron chi connectivity index (χ3n) is 9.38. The van der Waals surface area contributed by atoms with Crippen molar-refractivity contribution in [2.45, 2.75) is 50.7 Å². The number of amides is 1. The predicted molar refractivity (Wildman–Crippen MR) is 161 cm³/mol. The van der Waals surface area contributed by atoms with Gasteiger partial charge < -0.3 is 20.1 Å². The first-order valence-electron chi connectivity index (χ1n) is 15.0. The molecule has 3 saturated heterocycles. The van der Waals surface area contributed by atoms with Crippen molar-refractivity contribution in [3.63, 3.8) is 0 Å². The molecule has 220 valence electrons. The van der Waals surface area contributed by atoms with Gasteiger partial charge in [-0.05, 0) is 74.1 Å². The number of carbonyl (C=O) groups excluding carboxylic acids is 1.